The molecule has 27 heavy (non-hydrogen) atoms. The molecule has 2 aromatic rings. The third-order valence-electron chi connectivity index (χ3n) is 5.59. The number of carbonyl (C=O) groups excluding carboxylic acids is 3. The van der Waals surface area contributed by atoms with Crippen molar-refractivity contribution in [1.82, 2.24) is 9.80 Å². The summed E-state index contributed by atoms with van der Waals surface area (Å²) in [5.74, 6) is -0.242. The average Bonchev–Trinajstić information content (AvgIpc) is 3.52. The van der Waals surface area contributed by atoms with Gasteiger partial charge >= 0.3 is 0 Å². The van der Waals surface area contributed by atoms with E-state index < -0.39 is 0 Å². The van der Waals surface area contributed by atoms with Gasteiger partial charge in [-0.3, -0.25) is 19.3 Å². The maximum absolute atomic E-state index is 13.3. The second-order valence-electron chi connectivity index (χ2n) is 7.43. The van der Waals surface area contributed by atoms with Gasteiger partial charge in [0, 0.05) is 25.2 Å². The van der Waals surface area contributed by atoms with Crippen molar-refractivity contribution < 1.29 is 14.4 Å². The summed E-state index contributed by atoms with van der Waals surface area (Å²) in [6.07, 6.45) is 2.28. The third-order valence-corrected chi connectivity index (χ3v) is 5.59. The zero-order chi connectivity index (χ0) is 19.1. The van der Waals surface area contributed by atoms with Gasteiger partial charge in [0.15, 0.2) is 0 Å². The van der Waals surface area contributed by atoms with Crippen molar-refractivity contribution in [2.24, 2.45) is 5.92 Å². The van der Waals surface area contributed by atoms with Crippen LogP contribution in [0.1, 0.15) is 56.4 Å². The molecule has 1 atom stereocenters. The van der Waals surface area contributed by atoms with Gasteiger partial charge in [-0.2, -0.15) is 0 Å². The first-order chi connectivity index (χ1) is 13.0. The molecule has 0 radical (unpaired) electrons. The molecular formula is C22H22N2O3. The second kappa shape index (κ2) is 6.65. The van der Waals surface area contributed by atoms with Crippen LogP contribution in [0.15, 0.2) is 48.5 Å². The number of rotatable bonds is 5. The van der Waals surface area contributed by atoms with Crippen molar-refractivity contribution in [3.8, 4) is 0 Å². The van der Waals surface area contributed by atoms with E-state index in [4.69, 9.17) is 0 Å². The molecule has 0 N–H and O–H groups in total. The lowest BCUT2D eigenvalue weighted by Gasteiger charge is -2.30. The Morgan fingerprint density at radius 1 is 1.07 bits per heavy atom. The molecule has 0 bridgehead atoms. The van der Waals surface area contributed by atoms with E-state index in [2.05, 4.69) is 6.92 Å². The van der Waals surface area contributed by atoms with Gasteiger partial charge in [-0.1, -0.05) is 30.3 Å². The number of hydrogen-bond donors (Lipinski definition) is 0. The lowest BCUT2D eigenvalue weighted by Crippen LogP contribution is -2.39. The molecule has 4 rings (SSSR count). The summed E-state index contributed by atoms with van der Waals surface area (Å²) in [6, 6.07) is 14.9. The molecule has 1 aliphatic heterocycles. The monoisotopic (exact) mass is 362 g/mol. The fourth-order valence-electron chi connectivity index (χ4n) is 3.67. The molecule has 1 unspecified atom stereocenters. The van der Waals surface area contributed by atoms with Crippen molar-refractivity contribution in [3.05, 3.63) is 70.8 Å². The summed E-state index contributed by atoms with van der Waals surface area (Å²) in [5.41, 5.74) is 2.20. The summed E-state index contributed by atoms with van der Waals surface area (Å²) in [4.78, 5) is 40.6. The van der Waals surface area contributed by atoms with Crippen LogP contribution in [0.3, 0.4) is 0 Å². The molecule has 0 aromatic heterocycles. The highest BCUT2D eigenvalue weighted by Gasteiger charge is 2.36. The summed E-state index contributed by atoms with van der Waals surface area (Å²) in [6.45, 7) is 2.62. The van der Waals surface area contributed by atoms with Crippen LogP contribution in [0.25, 0.3) is 0 Å². The maximum atomic E-state index is 13.3. The Labute approximate surface area is 158 Å². The van der Waals surface area contributed by atoms with Crippen LogP contribution in [0.4, 0.5) is 0 Å². The van der Waals surface area contributed by atoms with Crippen LogP contribution >= 0.6 is 0 Å². The van der Waals surface area contributed by atoms with E-state index >= 15 is 0 Å². The average molecular weight is 362 g/mol. The molecule has 2 aliphatic rings. The second-order valence-corrected chi connectivity index (χ2v) is 7.43. The van der Waals surface area contributed by atoms with E-state index in [1.165, 1.54) is 7.05 Å². The van der Waals surface area contributed by atoms with Crippen LogP contribution in [0.2, 0.25) is 0 Å². The van der Waals surface area contributed by atoms with Gasteiger partial charge in [-0.15, -0.1) is 0 Å². The Morgan fingerprint density at radius 2 is 1.74 bits per heavy atom. The van der Waals surface area contributed by atoms with Crippen LogP contribution in [-0.2, 0) is 6.54 Å². The summed E-state index contributed by atoms with van der Waals surface area (Å²) < 4.78 is 0. The third kappa shape index (κ3) is 3.14. The van der Waals surface area contributed by atoms with E-state index in [1.54, 1.807) is 18.2 Å². The summed E-state index contributed by atoms with van der Waals surface area (Å²) >= 11 is 0. The number of hydrogen-bond acceptors (Lipinski definition) is 3. The first kappa shape index (κ1) is 17.5. The van der Waals surface area contributed by atoms with Crippen LogP contribution < -0.4 is 0 Å². The van der Waals surface area contributed by atoms with Gasteiger partial charge < -0.3 is 4.90 Å². The smallest absolute Gasteiger partial charge is 0.261 e. The van der Waals surface area contributed by atoms with E-state index in [-0.39, 0.29) is 23.8 Å². The maximum Gasteiger partial charge on any atom is 0.261 e. The Balaban J connectivity index is 1.66. The Kier molecular flexibility index (Phi) is 4.30. The Hall–Kier alpha value is -2.95. The fraction of sp³-hybridized carbons (Fsp3) is 0.318. The van der Waals surface area contributed by atoms with Gasteiger partial charge in [-0.05, 0) is 49.4 Å². The predicted molar refractivity (Wildman–Crippen MR) is 101 cm³/mol. The minimum absolute atomic E-state index is 0.101. The van der Waals surface area contributed by atoms with Crippen LogP contribution in [-0.4, -0.2) is 40.6 Å². The molecule has 3 amide bonds. The molecule has 0 spiro atoms. The molecule has 138 valence electrons. The first-order valence-electron chi connectivity index (χ1n) is 9.28. The molecule has 1 aliphatic carbocycles. The summed E-state index contributed by atoms with van der Waals surface area (Å²) in [5, 5.41) is 0. The van der Waals surface area contributed by atoms with E-state index in [0.717, 1.165) is 23.3 Å². The molecule has 5 nitrogen and oxygen atoms in total. The van der Waals surface area contributed by atoms with Crippen molar-refractivity contribution >= 4 is 17.7 Å². The van der Waals surface area contributed by atoms with Crippen molar-refractivity contribution in [1.29, 1.82) is 0 Å². The van der Waals surface area contributed by atoms with Gasteiger partial charge in [0.1, 0.15) is 0 Å². The zero-order valence-corrected chi connectivity index (χ0v) is 15.5. The molecule has 5 heteroatoms. The Morgan fingerprint density at radius 3 is 2.41 bits per heavy atom. The number of amides is 3. The van der Waals surface area contributed by atoms with E-state index in [1.807, 2.05) is 35.2 Å². The zero-order valence-electron chi connectivity index (χ0n) is 15.5. The molecule has 2 aromatic carbocycles. The highest BCUT2D eigenvalue weighted by molar-refractivity contribution is 6.21. The van der Waals surface area contributed by atoms with Crippen molar-refractivity contribution in [2.75, 3.05) is 7.05 Å². The lowest BCUT2D eigenvalue weighted by molar-refractivity contribution is 0.0653. The Bertz CT molecular complexity index is 918. The van der Waals surface area contributed by atoms with Gasteiger partial charge in [0.2, 0.25) is 0 Å². The fourth-order valence-corrected chi connectivity index (χ4v) is 3.67. The number of carbonyl (C=O) groups is 3. The lowest BCUT2D eigenvalue weighted by atomic mass is 10.0. The highest BCUT2D eigenvalue weighted by atomic mass is 16.2. The number of imide groups is 1. The van der Waals surface area contributed by atoms with Crippen LogP contribution in [0.5, 0.6) is 0 Å². The topological polar surface area (TPSA) is 57.7 Å². The quantitative estimate of drug-likeness (QED) is 0.767. The summed E-state index contributed by atoms with van der Waals surface area (Å²) in [7, 11) is 1.46. The SMILES string of the molecule is CC(C1CC1)N(Cc1ccccc1)C(=O)c1ccc2c(c1)C(=O)N(C)C2=O. The van der Waals surface area contributed by atoms with E-state index in [9.17, 15) is 14.4 Å². The molecular weight excluding hydrogens is 340 g/mol. The van der Waals surface area contributed by atoms with Gasteiger partial charge in [0.25, 0.3) is 17.7 Å². The normalized spacial score (nSPS) is 17.0. The number of fused-ring (bicyclic) bond motifs is 1. The minimum atomic E-state index is -0.352. The predicted octanol–water partition coefficient (Wildman–Crippen LogP) is 3.35. The van der Waals surface area contributed by atoms with E-state index in [0.29, 0.717) is 29.2 Å². The first-order valence-corrected chi connectivity index (χ1v) is 9.28. The minimum Gasteiger partial charge on any atom is -0.331 e. The molecule has 1 heterocycles. The molecule has 1 saturated carbocycles. The molecule has 1 fully saturated rings. The number of benzene rings is 2. The van der Waals surface area contributed by atoms with Gasteiger partial charge in [-0.25, -0.2) is 0 Å². The van der Waals surface area contributed by atoms with Gasteiger partial charge in [0.05, 0.1) is 11.1 Å². The standard InChI is InChI=1S/C22H22N2O3/c1-14(16-8-9-16)24(13-15-6-4-3-5-7-15)20(25)17-10-11-18-19(12-17)22(27)23(2)21(18)26/h3-7,10-12,14,16H,8-9,13H2,1-2H3. The highest BCUT2D eigenvalue weighted by Crippen LogP contribution is 2.36. The largest absolute Gasteiger partial charge is 0.331 e. The van der Waals surface area contributed by atoms with Crippen molar-refractivity contribution in [3.63, 3.8) is 0 Å². The molecule has 0 saturated heterocycles. The van der Waals surface area contributed by atoms with Crippen molar-refractivity contribution in [2.45, 2.75) is 32.4 Å². The van der Waals surface area contributed by atoms with Crippen LogP contribution in [0, 0.1) is 5.92 Å². The number of nitrogens with zero attached hydrogens (tertiary/aromatic N) is 2.